The van der Waals surface area contributed by atoms with Gasteiger partial charge in [0.05, 0.1) is 41.8 Å². The van der Waals surface area contributed by atoms with E-state index in [1.807, 2.05) is 6.07 Å². The van der Waals surface area contributed by atoms with Gasteiger partial charge >= 0.3 is 0 Å². The van der Waals surface area contributed by atoms with Crippen molar-refractivity contribution < 1.29 is 18.3 Å². The van der Waals surface area contributed by atoms with Gasteiger partial charge in [-0.2, -0.15) is 10.4 Å². The van der Waals surface area contributed by atoms with Crippen molar-refractivity contribution in [2.45, 2.75) is 6.10 Å². The van der Waals surface area contributed by atoms with E-state index in [-0.39, 0.29) is 28.6 Å². The zero-order valence-corrected chi connectivity index (χ0v) is 15.7. The minimum absolute atomic E-state index is 0.0184. The summed E-state index contributed by atoms with van der Waals surface area (Å²) in [6.45, 7) is 1.90. The van der Waals surface area contributed by atoms with Crippen LogP contribution in [0.2, 0.25) is 0 Å². The van der Waals surface area contributed by atoms with Crippen LogP contribution in [0.1, 0.15) is 27.6 Å². The summed E-state index contributed by atoms with van der Waals surface area (Å²) < 4.78 is 35.4. The van der Waals surface area contributed by atoms with Crippen molar-refractivity contribution in [1.82, 2.24) is 15.1 Å². The molecule has 1 amide bonds. The van der Waals surface area contributed by atoms with Crippen LogP contribution in [0.15, 0.2) is 48.8 Å². The molecule has 0 spiro atoms. The number of rotatable bonds is 4. The summed E-state index contributed by atoms with van der Waals surface area (Å²) in [4.78, 5) is 12.5. The lowest BCUT2D eigenvalue weighted by molar-refractivity contribution is 0.0275. The number of ether oxygens (including phenoxy) is 1. The van der Waals surface area contributed by atoms with Crippen molar-refractivity contribution in [2.24, 2.45) is 0 Å². The molecule has 4 rings (SSSR count). The molecule has 3 aromatic rings. The maximum absolute atomic E-state index is 14.5. The normalized spacial score (nSPS) is 16.1. The molecule has 9 heteroatoms. The molecule has 1 aliphatic heterocycles. The highest BCUT2D eigenvalue weighted by Crippen LogP contribution is 2.24. The molecule has 2 heterocycles. The summed E-state index contributed by atoms with van der Waals surface area (Å²) in [6, 6.07) is 10.3. The first-order valence-corrected chi connectivity index (χ1v) is 9.23. The Morgan fingerprint density at radius 1 is 1.27 bits per heavy atom. The number of aromatic nitrogens is 2. The first-order valence-electron chi connectivity index (χ1n) is 9.23. The van der Waals surface area contributed by atoms with Crippen LogP contribution in [-0.4, -0.2) is 35.4 Å². The molecule has 2 N–H and O–H groups in total. The van der Waals surface area contributed by atoms with E-state index in [0.29, 0.717) is 18.7 Å². The van der Waals surface area contributed by atoms with E-state index in [4.69, 9.17) is 10.00 Å². The highest BCUT2D eigenvalue weighted by molar-refractivity contribution is 6.04. The third kappa shape index (κ3) is 4.05. The Labute approximate surface area is 170 Å². The summed E-state index contributed by atoms with van der Waals surface area (Å²) in [5.41, 5.74) is 1.09. The van der Waals surface area contributed by atoms with E-state index in [1.54, 1.807) is 6.07 Å². The van der Waals surface area contributed by atoms with Crippen LogP contribution >= 0.6 is 0 Å². The van der Waals surface area contributed by atoms with Gasteiger partial charge in [-0.3, -0.25) is 4.79 Å². The number of hydrogen-bond donors (Lipinski definition) is 2. The van der Waals surface area contributed by atoms with Crippen LogP contribution in [0, 0.1) is 23.0 Å². The molecule has 0 saturated carbocycles. The second-order valence-corrected chi connectivity index (χ2v) is 6.71. The average molecular weight is 409 g/mol. The second kappa shape index (κ2) is 8.41. The van der Waals surface area contributed by atoms with Crippen LogP contribution in [-0.2, 0) is 4.74 Å². The third-order valence-electron chi connectivity index (χ3n) is 4.71. The number of nitrogens with one attached hydrogen (secondary N) is 2. The second-order valence-electron chi connectivity index (χ2n) is 6.71. The van der Waals surface area contributed by atoms with Crippen molar-refractivity contribution in [3.05, 3.63) is 77.1 Å². The number of morpholine rings is 1. The Morgan fingerprint density at radius 2 is 2.13 bits per heavy atom. The molecule has 0 radical (unpaired) electrons. The first kappa shape index (κ1) is 19.7. The molecule has 152 valence electrons. The lowest BCUT2D eigenvalue weighted by atomic mass is 10.1. The predicted molar refractivity (Wildman–Crippen MR) is 104 cm³/mol. The van der Waals surface area contributed by atoms with Gasteiger partial charge in [0, 0.05) is 19.3 Å². The van der Waals surface area contributed by atoms with Gasteiger partial charge < -0.3 is 15.4 Å². The molecule has 1 saturated heterocycles. The maximum atomic E-state index is 14.5. The zero-order chi connectivity index (χ0) is 21.1. The fourth-order valence-electron chi connectivity index (χ4n) is 3.14. The largest absolute Gasteiger partial charge is 0.371 e. The first-order chi connectivity index (χ1) is 14.5. The zero-order valence-electron chi connectivity index (χ0n) is 15.7. The van der Waals surface area contributed by atoms with Crippen molar-refractivity contribution in [3.63, 3.8) is 0 Å². The lowest BCUT2D eigenvalue weighted by Crippen LogP contribution is -2.33. The van der Waals surface area contributed by atoms with Crippen LogP contribution in [0.25, 0.3) is 5.69 Å². The molecular formula is C21H17F2N5O2. The standard InChI is InChI=1S/C21H17F2N5O2/c22-16-8-14(20-11-25-5-6-30-20)2-3-18(16)27-21(29)15-10-26-28(12-15)19-4-1-13(9-24)7-17(19)23/h1-4,7-8,10,12,20,25H,5-6,11H2,(H,27,29)/t20-/m1/s1. The Bertz CT molecular complexity index is 1130. The monoisotopic (exact) mass is 409 g/mol. The number of benzene rings is 2. The van der Waals surface area contributed by atoms with Crippen LogP contribution in [0.5, 0.6) is 0 Å². The maximum Gasteiger partial charge on any atom is 0.258 e. The van der Waals surface area contributed by atoms with Gasteiger partial charge in [-0.15, -0.1) is 0 Å². The molecule has 1 fully saturated rings. The van der Waals surface area contributed by atoms with Crippen molar-refractivity contribution >= 4 is 11.6 Å². The molecule has 0 bridgehead atoms. The van der Waals surface area contributed by atoms with Gasteiger partial charge in [0.1, 0.15) is 17.3 Å². The molecule has 7 nitrogen and oxygen atoms in total. The highest BCUT2D eigenvalue weighted by Gasteiger charge is 2.18. The predicted octanol–water partition coefficient (Wildman–Crippen LogP) is 2.94. The molecule has 0 unspecified atom stereocenters. The summed E-state index contributed by atoms with van der Waals surface area (Å²) in [6.07, 6.45) is 2.34. The molecular weight excluding hydrogens is 392 g/mol. The number of nitriles is 1. The number of carbonyl (C=O) groups is 1. The SMILES string of the molecule is N#Cc1ccc(-n2cc(C(=O)Nc3ccc([C@H]4CNCCO4)cc3F)cn2)c(F)c1. The molecule has 1 aliphatic rings. The van der Waals surface area contributed by atoms with Crippen LogP contribution in [0.3, 0.4) is 0 Å². The summed E-state index contributed by atoms with van der Waals surface area (Å²) in [5.74, 6) is -1.82. The minimum atomic E-state index is -0.648. The number of halogens is 2. The molecule has 1 atom stereocenters. The Balaban J connectivity index is 1.49. The van der Waals surface area contributed by atoms with Gasteiger partial charge in [-0.1, -0.05) is 6.07 Å². The molecule has 1 aromatic heterocycles. The summed E-state index contributed by atoms with van der Waals surface area (Å²) in [7, 11) is 0. The van der Waals surface area contributed by atoms with Crippen LogP contribution < -0.4 is 10.6 Å². The van der Waals surface area contributed by atoms with E-state index in [2.05, 4.69) is 15.7 Å². The van der Waals surface area contributed by atoms with E-state index >= 15 is 0 Å². The van der Waals surface area contributed by atoms with Gasteiger partial charge in [0.2, 0.25) is 0 Å². The van der Waals surface area contributed by atoms with Crippen molar-refractivity contribution in [2.75, 3.05) is 25.0 Å². The van der Waals surface area contributed by atoms with E-state index in [0.717, 1.165) is 12.6 Å². The summed E-state index contributed by atoms with van der Waals surface area (Å²) >= 11 is 0. The fourth-order valence-corrected chi connectivity index (χ4v) is 3.14. The number of anilines is 1. The van der Waals surface area contributed by atoms with Gasteiger partial charge in [-0.05, 0) is 35.9 Å². The average Bonchev–Trinajstić information content (AvgIpc) is 3.25. The van der Waals surface area contributed by atoms with Crippen molar-refractivity contribution in [1.29, 1.82) is 5.26 Å². The lowest BCUT2D eigenvalue weighted by Gasteiger charge is -2.24. The molecule has 30 heavy (non-hydrogen) atoms. The van der Waals surface area contributed by atoms with Gasteiger partial charge in [0.15, 0.2) is 0 Å². The van der Waals surface area contributed by atoms with E-state index in [9.17, 15) is 13.6 Å². The Morgan fingerprint density at radius 3 is 2.83 bits per heavy atom. The number of amides is 1. The van der Waals surface area contributed by atoms with E-state index < -0.39 is 17.5 Å². The topological polar surface area (TPSA) is 92.0 Å². The number of carbonyl (C=O) groups excluding carboxylic acids is 1. The van der Waals surface area contributed by atoms with E-state index in [1.165, 1.54) is 41.3 Å². The highest BCUT2D eigenvalue weighted by atomic mass is 19.1. The smallest absolute Gasteiger partial charge is 0.258 e. The summed E-state index contributed by atoms with van der Waals surface area (Å²) in [5, 5.41) is 18.5. The molecule has 2 aromatic carbocycles. The number of nitrogens with zero attached hydrogens (tertiary/aromatic N) is 3. The quantitative estimate of drug-likeness (QED) is 0.691. The van der Waals surface area contributed by atoms with Crippen LogP contribution in [0.4, 0.5) is 14.5 Å². The van der Waals surface area contributed by atoms with Gasteiger partial charge in [0.25, 0.3) is 5.91 Å². The molecule has 0 aliphatic carbocycles. The fraction of sp³-hybridized carbons (Fsp3) is 0.190. The Hall–Kier alpha value is -3.61. The minimum Gasteiger partial charge on any atom is -0.371 e. The number of hydrogen-bond acceptors (Lipinski definition) is 5. The van der Waals surface area contributed by atoms with Gasteiger partial charge in [-0.25, -0.2) is 13.5 Å². The van der Waals surface area contributed by atoms with Crippen molar-refractivity contribution in [3.8, 4) is 11.8 Å². The Kier molecular flexibility index (Phi) is 5.52. The third-order valence-corrected chi connectivity index (χ3v) is 4.71.